The Morgan fingerprint density at radius 3 is 2.74 bits per heavy atom. The van der Waals surface area contributed by atoms with E-state index in [0.717, 1.165) is 0 Å². The third-order valence-corrected chi connectivity index (χ3v) is 7.26. The van der Waals surface area contributed by atoms with Crippen molar-refractivity contribution in [1.82, 2.24) is 14.5 Å². The van der Waals surface area contributed by atoms with Crippen LogP contribution in [-0.2, 0) is 20.9 Å². The van der Waals surface area contributed by atoms with Gasteiger partial charge in [-0.3, -0.25) is 23.9 Å². The molecule has 0 aliphatic carbocycles. The standard InChI is InChI=1S/C20H31N5O5S/c1-12(2)10-24-16(21)15(17(27)22-19(24)29)23(8-5-9-30-4)18(28)13-11-31-20(3)7-6-14(26)25(13)20/h12-13H,5-11,21H2,1-4H3,(H,22,27,29)/t13-,20-/m0/s1. The molecule has 1 aromatic heterocycles. The summed E-state index contributed by atoms with van der Waals surface area (Å²) >= 11 is 1.58. The molecule has 2 aliphatic heterocycles. The maximum atomic E-state index is 13.7. The number of fused-ring (bicyclic) bond motifs is 1. The van der Waals surface area contributed by atoms with E-state index in [2.05, 4.69) is 4.98 Å². The van der Waals surface area contributed by atoms with E-state index in [1.807, 2.05) is 20.8 Å². The van der Waals surface area contributed by atoms with Gasteiger partial charge >= 0.3 is 5.69 Å². The SMILES string of the molecule is COCCCN(C(=O)[C@@H]1CS[C@@]2(C)CCC(=O)N12)c1c(N)n(CC(C)C)c(=O)[nH]c1=O. The Kier molecular flexibility index (Phi) is 6.85. The van der Waals surface area contributed by atoms with Crippen LogP contribution in [0.5, 0.6) is 0 Å². The molecule has 0 saturated carbocycles. The van der Waals surface area contributed by atoms with Gasteiger partial charge in [0.2, 0.25) is 5.91 Å². The molecule has 0 unspecified atom stereocenters. The summed E-state index contributed by atoms with van der Waals surface area (Å²) in [5, 5.41) is 0. The summed E-state index contributed by atoms with van der Waals surface area (Å²) in [6.45, 7) is 6.68. The third-order valence-electron chi connectivity index (χ3n) is 5.76. The number of hydrogen-bond donors (Lipinski definition) is 2. The number of H-pyrrole nitrogens is 1. The highest BCUT2D eigenvalue weighted by atomic mass is 32.2. The average Bonchev–Trinajstić information content (AvgIpc) is 3.19. The first-order valence-corrected chi connectivity index (χ1v) is 11.5. The Hall–Kier alpha value is -2.27. The molecule has 0 aromatic carbocycles. The largest absolute Gasteiger partial charge is 0.385 e. The van der Waals surface area contributed by atoms with Gasteiger partial charge in [0.05, 0.1) is 4.87 Å². The van der Waals surface area contributed by atoms with Crippen molar-refractivity contribution >= 4 is 35.1 Å². The zero-order valence-electron chi connectivity index (χ0n) is 18.5. The van der Waals surface area contributed by atoms with E-state index in [1.54, 1.807) is 23.8 Å². The van der Waals surface area contributed by atoms with Crippen LogP contribution in [-0.4, -0.2) is 63.2 Å². The maximum absolute atomic E-state index is 13.7. The van der Waals surface area contributed by atoms with Crippen LogP contribution in [0.2, 0.25) is 0 Å². The van der Waals surface area contributed by atoms with Crippen molar-refractivity contribution in [3.8, 4) is 0 Å². The van der Waals surface area contributed by atoms with E-state index in [9.17, 15) is 19.2 Å². The molecular formula is C20H31N5O5S. The fraction of sp³-hybridized carbons (Fsp3) is 0.700. The van der Waals surface area contributed by atoms with Crippen molar-refractivity contribution in [3.05, 3.63) is 20.8 Å². The topological polar surface area (TPSA) is 131 Å². The van der Waals surface area contributed by atoms with Gasteiger partial charge in [0.25, 0.3) is 11.5 Å². The number of ether oxygens (including phenoxy) is 1. The number of methoxy groups -OCH3 is 1. The number of nitrogens with one attached hydrogen (secondary N) is 1. The number of rotatable bonds is 8. The van der Waals surface area contributed by atoms with Crippen LogP contribution in [0.15, 0.2) is 9.59 Å². The minimum absolute atomic E-state index is 0.0469. The summed E-state index contributed by atoms with van der Waals surface area (Å²) in [4.78, 5) is 56.2. The quantitative estimate of drug-likeness (QED) is 0.551. The Bertz CT molecular complexity index is 974. The van der Waals surface area contributed by atoms with E-state index in [0.29, 0.717) is 38.2 Å². The normalized spacial score (nSPS) is 22.9. The molecule has 31 heavy (non-hydrogen) atoms. The molecule has 0 bridgehead atoms. The molecule has 0 radical (unpaired) electrons. The van der Waals surface area contributed by atoms with Gasteiger partial charge in [-0.1, -0.05) is 13.8 Å². The van der Waals surface area contributed by atoms with Gasteiger partial charge in [-0.2, -0.15) is 0 Å². The van der Waals surface area contributed by atoms with Crippen LogP contribution in [0.4, 0.5) is 11.5 Å². The summed E-state index contributed by atoms with van der Waals surface area (Å²) in [7, 11) is 1.55. The fourth-order valence-corrected chi connectivity index (χ4v) is 5.69. The van der Waals surface area contributed by atoms with Crippen molar-refractivity contribution in [2.45, 2.75) is 57.5 Å². The Balaban J connectivity index is 2.04. The predicted octanol–water partition coefficient (Wildman–Crippen LogP) is 0.598. The first kappa shape index (κ1) is 23.4. The van der Waals surface area contributed by atoms with Crippen LogP contribution in [0.25, 0.3) is 0 Å². The molecule has 3 heterocycles. The number of hydrogen-bond acceptors (Lipinski definition) is 7. The number of carbonyl (C=O) groups excluding carboxylic acids is 2. The lowest BCUT2D eigenvalue weighted by Gasteiger charge is -2.33. The maximum Gasteiger partial charge on any atom is 0.330 e. The highest BCUT2D eigenvalue weighted by Gasteiger charge is 2.54. The number of thioether (sulfide) groups is 1. The lowest BCUT2D eigenvalue weighted by molar-refractivity contribution is -0.136. The number of nitrogens with two attached hydrogens (primary N) is 1. The minimum atomic E-state index is -0.713. The number of anilines is 2. The molecule has 10 nitrogen and oxygen atoms in total. The van der Waals surface area contributed by atoms with Gasteiger partial charge in [-0.05, 0) is 25.7 Å². The Labute approximate surface area is 185 Å². The van der Waals surface area contributed by atoms with Crippen molar-refractivity contribution in [2.75, 3.05) is 36.6 Å². The number of carbonyl (C=O) groups is 2. The molecule has 1 aromatic rings. The Morgan fingerprint density at radius 2 is 2.10 bits per heavy atom. The second-order valence-corrected chi connectivity index (χ2v) is 10.1. The van der Waals surface area contributed by atoms with Gasteiger partial charge < -0.3 is 20.3 Å². The minimum Gasteiger partial charge on any atom is -0.385 e. The van der Waals surface area contributed by atoms with E-state index in [-0.39, 0.29) is 35.8 Å². The molecule has 11 heteroatoms. The smallest absolute Gasteiger partial charge is 0.330 e. The van der Waals surface area contributed by atoms with E-state index < -0.39 is 22.2 Å². The molecule has 0 spiro atoms. The van der Waals surface area contributed by atoms with Crippen LogP contribution in [0.1, 0.15) is 40.0 Å². The summed E-state index contributed by atoms with van der Waals surface area (Å²) in [6, 6.07) is -0.683. The van der Waals surface area contributed by atoms with Crippen LogP contribution in [0.3, 0.4) is 0 Å². The molecule has 3 N–H and O–H groups in total. The number of aromatic amines is 1. The summed E-state index contributed by atoms with van der Waals surface area (Å²) in [5.74, 6) is 0.0782. The van der Waals surface area contributed by atoms with E-state index >= 15 is 0 Å². The number of nitrogens with zero attached hydrogens (tertiary/aromatic N) is 3. The van der Waals surface area contributed by atoms with Gasteiger partial charge in [0.15, 0.2) is 5.69 Å². The zero-order chi connectivity index (χ0) is 22.9. The first-order valence-electron chi connectivity index (χ1n) is 10.5. The van der Waals surface area contributed by atoms with Crippen LogP contribution >= 0.6 is 11.8 Å². The number of nitrogen functional groups attached to an aromatic ring is 1. The first-order chi connectivity index (χ1) is 14.6. The van der Waals surface area contributed by atoms with Crippen molar-refractivity contribution in [1.29, 1.82) is 0 Å². The van der Waals surface area contributed by atoms with Gasteiger partial charge in [0, 0.05) is 39.0 Å². The third kappa shape index (κ3) is 4.38. The van der Waals surface area contributed by atoms with E-state index in [4.69, 9.17) is 10.5 Å². The second-order valence-electron chi connectivity index (χ2n) is 8.60. The van der Waals surface area contributed by atoms with Gasteiger partial charge in [0.1, 0.15) is 11.9 Å². The molecule has 2 atom stereocenters. The molecule has 172 valence electrons. The highest BCUT2D eigenvalue weighted by Crippen LogP contribution is 2.47. The molecule has 2 saturated heterocycles. The lowest BCUT2D eigenvalue weighted by atomic mass is 10.1. The lowest BCUT2D eigenvalue weighted by Crippen LogP contribution is -2.53. The highest BCUT2D eigenvalue weighted by molar-refractivity contribution is 8.01. The van der Waals surface area contributed by atoms with E-state index in [1.165, 1.54) is 9.47 Å². The number of amides is 2. The van der Waals surface area contributed by atoms with Crippen molar-refractivity contribution in [2.24, 2.45) is 5.92 Å². The molecule has 3 rings (SSSR count). The molecular weight excluding hydrogens is 422 g/mol. The van der Waals surface area contributed by atoms with Crippen molar-refractivity contribution < 1.29 is 14.3 Å². The number of aromatic nitrogens is 2. The predicted molar refractivity (Wildman–Crippen MR) is 120 cm³/mol. The monoisotopic (exact) mass is 453 g/mol. The average molecular weight is 454 g/mol. The van der Waals surface area contributed by atoms with Crippen LogP contribution in [0, 0.1) is 5.92 Å². The van der Waals surface area contributed by atoms with Gasteiger partial charge in [-0.25, -0.2) is 4.79 Å². The van der Waals surface area contributed by atoms with Crippen molar-refractivity contribution in [3.63, 3.8) is 0 Å². The van der Waals surface area contributed by atoms with Gasteiger partial charge in [-0.15, -0.1) is 11.8 Å². The van der Waals surface area contributed by atoms with Crippen LogP contribution < -0.4 is 21.9 Å². The summed E-state index contributed by atoms with van der Waals surface area (Å²) in [6.07, 6.45) is 1.56. The summed E-state index contributed by atoms with van der Waals surface area (Å²) in [5.41, 5.74) is 4.90. The molecule has 2 amide bonds. The Morgan fingerprint density at radius 1 is 1.39 bits per heavy atom. The second kappa shape index (κ2) is 9.07. The summed E-state index contributed by atoms with van der Waals surface area (Å²) < 4.78 is 6.40. The molecule has 2 aliphatic rings. The zero-order valence-corrected chi connectivity index (χ0v) is 19.3. The fourth-order valence-electron chi connectivity index (χ4n) is 4.27. The molecule has 2 fully saturated rings.